The van der Waals surface area contributed by atoms with Crippen LogP contribution in [0.15, 0.2) is 78.9 Å². The molecule has 4 heteroatoms. The number of aromatic nitrogens is 1. The van der Waals surface area contributed by atoms with E-state index in [4.69, 9.17) is 16.6 Å². The molecule has 0 aliphatic heterocycles. The number of hydrogen-bond donors (Lipinski definition) is 1. The number of halogens is 1. The monoisotopic (exact) mass is 372 g/mol. The molecule has 0 aliphatic rings. The van der Waals surface area contributed by atoms with Crippen LogP contribution >= 0.6 is 11.6 Å². The van der Waals surface area contributed by atoms with Gasteiger partial charge in [0.25, 0.3) is 5.91 Å². The fourth-order valence-corrected chi connectivity index (χ4v) is 3.24. The second-order valence-corrected chi connectivity index (χ2v) is 6.78. The first-order chi connectivity index (χ1) is 13.1. The van der Waals surface area contributed by atoms with Crippen molar-refractivity contribution in [2.24, 2.45) is 0 Å². The maximum atomic E-state index is 13.0. The summed E-state index contributed by atoms with van der Waals surface area (Å²) in [5.41, 5.74) is 4.69. The molecule has 0 atom stereocenters. The summed E-state index contributed by atoms with van der Waals surface area (Å²) >= 11 is 6.35. The number of fused-ring (bicyclic) bond motifs is 1. The van der Waals surface area contributed by atoms with Crippen LogP contribution in [0.5, 0.6) is 0 Å². The van der Waals surface area contributed by atoms with E-state index < -0.39 is 0 Å². The van der Waals surface area contributed by atoms with Gasteiger partial charge in [-0.25, -0.2) is 4.98 Å². The SMILES string of the molecule is Cc1ccc(NC(=O)c2cc(-c3ccccc3Cl)nc3ccccc23)cc1. The molecule has 3 aromatic carbocycles. The Bertz CT molecular complexity index is 1140. The van der Waals surface area contributed by atoms with E-state index in [2.05, 4.69) is 5.32 Å². The number of pyridine rings is 1. The zero-order valence-electron chi connectivity index (χ0n) is 14.7. The predicted molar refractivity (Wildman–Crippen MR) is 111 cm³/mol. The Morgan fingerprint density at radius 1 is 0.926 bits per heavy atom. The van der Waals surface area contributed by atoms with Crippen molar-refractivity contribution in [1.82, 2.24) is 4.98 Å². The maximum Gasteiger partial charge on any atom is 0.256 e. The Hall–Kier alpha value is -3.17. The summed E-state index contributed by atoms with van der Waals surface area (Å²) in [6.45, 7) is 2.01. The van der Waals surface area contributed by atoms with E-state index >= 15 is 0 Å². The average Bonchev–Trinajstić information content (AvgIpc) is 2.69. The Kier molecular flexibility index (Phi) is 4.61. The molecule has 4 rings (SSSR count). The molecule has 0 fully saturated rings. The molecule has 1 amide bonds. The molecule has 132 valence electrons. The van der Waals surface area contributed by atoms with Gasteiger partial charge in [0.15, 0.2) is 0 Å². The molecule has 1 heterocycles. The lowest BCUT2D eigenvalue weighted by molar-refractivity contribution is 0.102. The van der Waals surface area contributed by atoms with Crippen molar-refractivity contribution in [2.45, 2.75) is 6.92 Å². The molecule has 1 aromatic heterocycles. The Balaban J connectivity index is 1.82. The highest BCUT2D eigenvalue weighted by atomic mass is 35.5. The van der Waals surface area contributed by atoms with Crippen molar-refractivity contribution in [3.05, 3.63) is 95.0 Å². The molecule has 3 nitrogen and oxygen atoms in total. The molecule has 0 bridgehead atoms. The minimum Gasteiger partial charge on any atom is -0.322 e. The fourth-order valence-electron chi connectivity index (χ4n) is 3.01. The summed E-state index contributed by atoms with van der Waals surface area (Å²) in [6.07, 6.45) is 0. The molecule has 1 N–H and O–H groups in total. The number of nitrogens with zero attached hydrogens (tertiary/aromatic N) is 1. The van der Waals surface area contributed by atoms with Crippen LogP contribution in [0.4, 0.5) is 5.69 Å². The third-order valence-corrected chi connectivity index (χ3v) is 4.75. The van der Waals surface area contributed by atoms with Gasteiger partial charge < -0.3 is 5.32 Å². The number of para-hydroxylation sites is 1. The van der Waals surface area contributed by atoms with Crippen molar-refractivity contribution in [2.75, 3.05) is 5.32 Å². The zero-order valence-corrected chi connectivity index (χ0v) is 15.5. The summed E-state index contributed by atoms with van der Waals surface area (Å²) in [6, 6.07) is 24.6. The minimum absolute atomic E-state index is 0.175. The summed E-state index contributed by atoms with van der Waals surface area (Å²) < 4.78 is 0. The number of rotatable bonds is 3. The van der Waals surface area contributed by atoms with E-state index in [0.29, 0.717) is 16.3 Å². The molecule has 0 aliphatic carbocycles. The van der Waals surface area contributed by atoms with Crippen LogP contribution in [-0.4, -0.2) is 10.9 Å². The largest absolute Gasteiger partial charge is 0.322 e. The number of aryl methyl sites for hydroxylation is 1. The lowest BCUT2D eigenvalue weighted by Gasteiger charge is -2.11. The summed E-state index contributed by atoms with van der Waals surface area (Å²) in [7, 11) is 0. The number of amides is 1. The highest BCUT2D eigenvalue weighted by Crippen LogP contribution is 2.30. The first kappa shape index (κ1) is 17.3. The van der Waals surface area contributed by atoms with Crippen LogP contribution in [0.2, 0.25) is 5.02 Å². The second kappa shape index (κ2) is 7.22. The van der Waals surface area contributed by atoms with Crippen LogP contribution in [0.25, 0.3) is 22.2 Å². The maximum absolute atomic E-state index is 13.0. The van der Waals surface area contributed by atoms with E-state index in [1.807, 2.05) is 79.7 Å². The number of hydrogen-bond acceptors (Lipinski definition) is 2. The summed E-state index contributed by atoms with van der Waals surface area (Å²) in [5.74, 6) is -0.175. The molecular formula is C23H17ClN2O. The van der Waals surface area contributed by atoms with Gasteiger partial charge in [0.05, 0.1) is 16.8 Å². The van der Waals surface area contributed by atoms with Gasteiger partial charge in [-0.3, -0.25) is 4.79 Å². The second-order valence-electron chi connectivity index (χ2n) is 6.37. The number of nitrogens with one attached hydrogen (secondary N) is 1. The highest BCUT2D eigenvalue weighted by Gasteiger charge is 2.15. The highest BCUT2D eigenvalue weighted by molar-refractivity contribution is 6.33. The molecule has 0 saturated carbocycles. The third kappa shape index (κ3) is 3.55. The van der Waals surface area contributed by atoms with Gasteiger partial charge in [-0.15, -0.1) is 0 Å². The van der Waals surface area contributed by atoms with Crippen molar-refractivity contribution in [3.63, 3.8) is 0 Å². The molecule has 27 heavy (non-hydrogen) atoms. The summed E-state index contributed by atoms with van der Waals surface area (Å²) in [4.78, 5) is 17.7. The topological polar surface area (TPSA) is 42.0 Å². The van der Waals surface area contributed by atoms with Crippen molar-refractivity contribution in [1.29, 1.82) is 0 Å². The number of anilines is 1. The van der Waals surface area contributed by atoms with E-state index in [9.17, 15) is 4.79 Å². The smallest absolute Gasteiger partial charge is 0.256 e. The molecule has 0 unspecified atom stereocenters. The Morgan fingerprint density at radius 2 is 1.63 bits per heavy atom. The number of benzene rings is 3. The quantitative estimate of drug-likeness (QED) is 0.471. The van der Waals surface area contributed by atoms with E-state index in [0.717, 1.165) is 27.7 Å². The minimum atomic E-state index is -0.175. The zero-order chi connectivity index (χ0) is 18.8. The Morgan fingerprint density at radius 3 is 2.41 bits per heavy atom. The standard InChI is InChI=1S/C23H17ClN2O/c1-15-10-12-16(13-11-15)25-23(27)19-14-22(18-7-2-4-8-20(18)24)26-21-9-5-3-6-17(19)21/h2-14H,1H3,(H,25,27). The van der Waals surface area contributed by atoms with Gasteiger partial charge in [-0.2, -0.15) is 0 Å². The van der Waals surface area contributed by atoms with Gasteiger partial charge in [0.1, 0.15) is 0 Å². The van der Waals surface area contributed by atoms with E-state index in [1.54, 1.807) is 6.07 Å². The molecule has 0 spiro atoms. The van der Waals surface area contributed by atoms with Crippen LogP contribution in [0.3, 0.4) is 0 Å². The van der Waals surface area contributed by atoms with Gasteiger partial charge in [0.2, 0.25) is 0 Å². The lowest BCUT2D eigenvalue weighted by atomic mass is 10.0. The van der Waals surface area contributed by atoms with Crippen molar-refractivity contribution in [3.8, 4) is 11.3 Å². The summed E-state index contributed by atoms with van der Waals surface area (Å²) in [5, 5.41) is 4.38. The van der Waals surface area contributed by atoms with Gasteiger partial charge in [0, 0.05) is 21.7 Å². The number of carbonyl (C=O) groups is 1. The van der Waals surface area contributed by atoms with Crippen molar-refractivity contribution < 1.29 is 4.79 Å². The molecular weight excluding hydrogens is 356 g/mol. The van der Waals surface area contributed by atoms with Crippen LogP contribution < -0.4 is 5.32 Å². The van der Waals surface area contributed by atoms with Crippen LogP contribution in [-0.2, 0) is 0 Å². The predicted octanol–water partition coefficient (Wildman–Crippen LogP) is 6.12. The molecule has 0 saturated heterocycles. The average molecular weight is 373 g/mol. The van der Waals surface area contributed by atoms with Gasteiger partial charge in [-0.05, 0) is 37.3 Å². The number of carbonyl (C=O) groups excluding carboxylic acids is 1. The van der Waals surface area contributed by atoms with Crippen LogP contribution in [0, 0.1) is 6.92 Å². The van der Waals surface area contributed by atoms with Gasteiger partial charge in [-0.1, -0.05) is 65.7 Å². The third-order valence-electron chi connectivity index (χ3n) is 4.42. The fraction of sp³-hybridized carbons (Fsp3) is 0.0435. The first-order valence-corrected chi connectivity index (χ1v) is 9.02. The van der Waals surface area contributed by atoms with Gasteiger partial charge >= 0.3 is 0 Å². The van der Waals surface area contributed by atoms with Crippen LogP contribution in [0.1, 0.15) is 15.9 Å². The lowest BCUT2D eigenvalue weighted by Crippen LogP contribution is -2.13. The van der Waals surface area contributed by atoms with Crippen molar-refractivity contribution >= 4 is 34.1 Å². The molecule has 0 radical (unpaired) electrons. The normalized spacial score (nSPS) is 10.7. The Labute approximate surface area is 162 Å². The first-order valence-electron chi connectivity index (χ1n) is 8.64. The van der Waals surface area contributed by atoms with E-state index in [-0.39, 0.29) is 5.91 Å². The van der Waals surface area contributed by atoms with E-state index in [1.165, 1.54) is 0 Å². The molecule has 4 aromatic rings.